The standard InChI is InChI=1S/C20H26FN7.HI/c1-2-22-20(28-9-6-14(7-10-28)19-25-13-26-27-19)23-8-5-15-12-24-18-4-3-16(21)11-17(15)18;/h3-4,11-14,24H,2,5-10H2,1H3,(H,22,23)(H,25,26,27);1H. The van der Waals surface area contributed by atoms with Crippen molar-refractivity contribution in [3.63, 3.8) is 0 Å². The number of aromatic amines is 2. The van der Waals surface area contributed by atoms with E-state index >= 15 is 0 Å². The molecule has 0 aliphatic carbocycles. The molecule has 0 atom stereocenters. The van der Waals surface area contributed by atoms with Crippen molar-refractivity contribution in [1.29, 1.82) is 0 Å². The lowest BCUT2D eigenvalue weighted by Crippen LogP contribution is -2.45. The normalized spacial score (nSPS) is 15.5. The van der Waals surface area contributed by atoms with Crippen LogP contribution in [-0.4, -0.2) is 57.2 Å². The van der Waals surface area contributed by atoms with E-state index in [0.717, 1.165) is 67.1 Å². The van der Waals surface area contributed by atoms with Gasteiger partial charge in [0.2, 0.25) is 0 Å². The molecule has 0 unspecified atom stereocenters. The first-order valence-corrected chi connectivity index (χ1v) is 9.88. The van der Waals surface area contributed by atoms with Gasteiger partial charge in [0.05, 0.1) is 0 Å². The highest BCUT2D eigenvalue weighted by Gasteiger charge is 2.24. The van der Waals surface area contributed by atoms with Crippen LogP contribution in [0.4, 0.5) is 4.39 Å². The molecule has 1 aliphatic rings. The number of aromatic nitrogens is 4. The van der Waals surface area contributed by atoms with E-state index in [2.05, 4.69) is 37.3 Å². The van der Waals surface area contributed by atoms with Gasteiger partial charge in [0.15, 0.2) is 5.96 Å². The van der Waals surface area contributed by atoms with E-state index in [0.29, 0.717) is 12.5 Å². The first kappa shape index (κ1) is 21.5. The molecule has 3 heterocycles. The van der Waals surface area contributed by atoms with E-state index in [9.17, 15) is 4.39 Å². The minimum absolute atomic E-state index is 0. The number of nitrogens with one attached hydrogen (secondary N) is 3. The molecular formula is C20H27FIN7. The van der Waals surface area contributed by atoms with Crippen LogP contribution in [0.25, 0.3) is 10.9 Å². The third-order valence-corrected chi connectivity index (χ3v) is 5.32. The molecule has 1 aromatic carbocycles. The van der Waals surface area contributed by atoms with Gasteiger partial charge in [-0.1, -0.05) is 0 Å². The molecule has 7 nitrogen and oxygen atoms in total. The van der Waals surface area contributed by atoms with Crippen LogP contribution in [0.2, 0.25) is 0 Å². The minimum Gasteiger partial charge on any atom is -0.361 e. The second kappa shape index (κ2) is 10.0. The molecule has 3 N–H and O–H groups in total. The van der Waals surface area contributed by atoms with E-state index in [4.69, 9.17) is 4.99 Å². The first-order chi connectivity index (χ1) is 13.7. The van der Waals surface area contributed by atoms with Crippen LogP contribution in [0.5, 0.6) is 0 Å². The fraction of sp³-hybridized carbons (Fsp3) is 0.450. The monoisotopic (exact) mass is 511 g/mol. The minimum atomic E-state index is -0.209. The number of likely N-dealkylation sites (tertiary alicyclic amines) is 1. The van der Waals surface area contributed by atoms with Crippen molar-refractivity contribution in [3.05, 3.63) is 47.9 Å². The van der Waals surface area contributed by atoms with Crippen molar-refractivity contribution in [2.45, 2.75) is 32.1 Å². The van der Waals surface area contributed by atoms with Crippen LogP contribution >= 0.6 is 24.0 Å². The lowest BCUT2D eigenvalue weighted by atomic mass is 9.96. The van der Waals surface area contributed by atoms with Crippen LogP contribution in [0.15, 0.2) is 35.7 Å². The number of rotatable bonds is 5. The number of fused-ring (bicyclic) bond motifs is 1. The van der Waals surface area contributed by atoms with Crippen LogP contribution in [0.1, 0.15) is 37.1 Å². The van der Waals surface area contributed by atoms with Gasteiger partial charge >= 0.3 is 0 Å². The second-order valence-electron chi connectivity index (χ2n) is 7.12. The second-order valence-corrected chi connectivity index (χ2v) is 7.12. The molecule has 0 spiro atoms. The summed E-state index contributed by atoms with van der Waals surface area (Å²) < 4.78 is 13.6. The van der Waals surface area contributed by atoms with Gasteiger partial charge in [-0.3, -0.25) is 10.1 Å². The number of hydrogen-bond acceptors (Lipinski definition) is 3. The van der Waals surface area contributed by atoms with E-state index < -0.39 is 0 Å². The molecule has 2 aromatic heterocycles. The van der Waals surface area contributed by atoms with Gasteiger partial charge in [-0.05, 0) is 49.9 Å². The first-order valence-electron chi connectivity index (χ1n) is 9.88. The average molecular weight is 511 g/mol. The Hall–Kier alpha value is -2.17. The Morgan fingerprint density at radius 2 is 2.17 bits per heavy atom. The van der Waals surface area contributed by atoms with Crippen molar-refractivity contribution in [3.8, 4) is 0 Å². The number of guanidine groups is 1. The zero-order valence-corrected chi connectivity index (χ0v) is 18.8. The Bertz CT molecular complexity index is 930. The highest BCUT2D eigenvalue weighted by atomic mass is 127. The summed E-state index contributed by atoms with van der Waals surface area (Å²) in [7, 11) is 0. The fourth-order valence-corrected chi connectivity index (χ4v) is 3.84. The predicted octanol–water partition coefficient (Wildman–Crippen LogP) is 3.43. The highest BCUT2D eigenvalue weighted by molar-refractivity contribution is 14.0. The Morgan fingerprint density at radius 1 is 1.34 bits per heavy atom. The zero-order chi connectivity index (χ0) is 19.3. The number of benzene rings is 1. The molecular weight excluding hydrogens is 484 g/mol. The van der Waals surface area contributed by atoms with E-state index in [1.54, 1.807) is 18.5 Å². The quantitative estimate of drug-likeness (QED) is 0.279. The van der Waals surface area contributed by atoms with E-state index in [1.807, 2.05) is 6.20 Å². The third kappa shape index (κ3) is 5.06. The highest BCUT2D eigenvalue weighted by Crippen LogP contribution is 2.25. The van der Waals surface area contributed by atoms with Crippen LogP contribution in [0, 0.1) is 5.82 Å². The summed E-state index contributed by atoms with van der Waals surface area (Å²) in [6.45, 7) is 5.46. The largest absolute Gasteiger partial charge is 0.361 e. The summed E-state index contributed by atoms with van der Waals surface area (Å²) in [6, 6.07) is 4.84. The van der Waals surface area contributed by atoms with E-state index in [1.165, 1.54) is 6.07 Å². The Labute approximate surface area is 186 Å². The van der Waals surface area contributed by atoms with Crippen molar-refractivity contribution < 1.29 is 4.39 Å². The lowest BCUT2D eigenvalue weighted by molar-refractivity contribution is 0.299. The summed E-state index contributed by atoms with van der Waals surface area (Å²) in [5.74, 6) is 2.15. The lowest BCUT2D eigenvalue weighted by Gasteiger charge is -2.33. The number of nitrogens with zero attached hydrogens (tertiary/aromatic N) is 4. The maximum absolute atomic E-state index is 13.6. The third-order valence-electron chi connectivity index (χ3n) is 5.32. The van der Waals surface area contributed by atoms with Gasteiger partial charge in [-0.15, -0.1) is 24.0 Å². The molecule has 3 aromatic rings. The topological polar surface area (TPSA) is 85.0 Å². The van der Waals surface area contributed by atoms with Gasteiger partial charge in [-0.2, -0.15) is 5.10 Å². The predicted molar refractivity (Wildman–Crippen MR) is 123 cm³/mol. The summed E-state index contributed by atoms with van der Waals surface area (Å²) in [6.07, 6.45) is 6.36. The van der Waals surface area contributed by atoms with Gasteiger partial charge in [0, 0.05) is 49.2 Å². The smallest absolute Gasteiger partial charge is 0.193 e. The van der Waals surface area contributed by atoms with Gasteiger partial charge in [0.25, 0.3) is 0 Å². The van der Waals surface area contributed by atoms with Gasteiger partial charge in [-0.25, -0.2) is 9.37 Å². The zero-order valence-electron chi connectivity index (χ0n) is 16.5. The molecule has 0 amide bonds. The van der Waals surface area contributed by atoms with Gasteiger partial charge in [0.1, 0.15) is 18.0 Å². The fourth-order valence-electron chi connectivity index (χ4n) is 3.84. The van der Waals surface area contributed by atoms with E-state index in [-0.39, 0.29) is 29.8 Å². The van der Waals surface area contributed by atoms with Crippen LogP contribution < -0.4 is 5.32 Å². The molecule has 0 radical (unpaired) electrons. The average Bonchev–Trinajstić information content (AvgIpc) is 3.38. The Kier molecular flexibility index (Phi) is 7.45. The maximum Gasteiger partial charge on any atom is 0.193 e. The Balaban J connectivity index is 0.00000240. The van der Waals surface area contributed by atoms with Gasteiger partial charge < -0.3 is 15.2 Å². The molecule has 0 bridgehead atoms. The summed E-state index contributed by atoms with van der Waals surface area (Å²) in [5, 5.41) is 11.3. The van der Waals surface area contributed by atoms with Crippen molar-refractivity contribution in [2.75, 3.05) is 26.2 Å². The number of halogens is 2. The summed E-state index contributed by atoms with van der Waals surface area (Å²) in [4.78, 5) is 14.6. The summed E-state index contributed by atoms with van der Waals surface area (Å²) in [5.41, 5.74) is 2.06. The molecule has 1 aliphatic heterocycles. The number of H-pyrrole nitrogens is 2. The molecule has 9 heteroatoms. The molecule has 0 saturated carbocycles. The van der Waals surface area contributed by atoms with Crippen LogP contribution in [-0.2, 0) is 6.42 Å². The molecule has 1 saturated heterocycles. The van der Waals surface area contributed by atoms with Crippen molar-refractivity contribution in [1.82, 2.24) is 30.4 Å². The number of hydrogen-bond donors (Lipinski definition) is 3. The Morgan fingerprint density at radius 3 is 2.90 bits per heavy atom. The SMILES string of the molecule is CCNC(=NCCc1c[nH]c2ccc(F)cc12)N1CCC(c2ncn[nH]2)CC1.I. The molecule has 156 valence electrons. The number of aliphatic imine (C=N–C) groups is 1. The van der Waals surface area contributed by atoms with Crippen LogP contribution in [0.3, 0.4) is 0 Å². The molecule has 29 heavy (non-hydrogen) atoms. The molecule has 1 fully saturated rings. The summed E-state index contributed by atoms with van der Waals surface area (Å²) >= 11 is 0. The maximum atomic E-state index is 13.6. The van der Waals surface area contributed by atoms with Crippen molar-refractivity contribution in [2.24, 2.45) is 4.99 Å². The van der Waals surface area contributed by atoms with Crippen molar-refractivity contribution >= 4 is 40.8 Å². The molecule has 4 rings (SSSR count). The number of piperidine rings is 1.